The fraction of sp³-hybridized carbons (Fsp3) is 0.882. The number of carbonyl (C=O) groups excluding carboxylic acids is 2. The molecule has 0 aromatic carbocycles. The molecule has 114 valence electrons. The van der Waals surface area contributed by atoms with E-state index in [4.69, 9.17) is 0 Å². The fourth-order valence-corrected chi connectivity index (χ4v) is 6.36. The number of amides is 3. The molecule has 6 aliphatic rings. The number of rotatable bonds is 2. The molecule has 0 radical (unpaired) electrons. The quantitative estimate of drug-likeness (QED) is 0.794. The third-order valence-corrected chi connectivity index (χ3v) is 7.09. The summed E-state index contributed by atoms with van der Waals surface area (Å²) < 4.78 is 0. The molecule has 4 nitrogen and oxygen atoms in total. The van der Waals surface area contributed by atoms with Gasteiger partial charge in [0.1, 0.15) is 5.54 Å². The van der Waals surface area contributed by atoms with E-state index in [1.54, 1.807) is 4.90 Å². The zero-order valence-electron chi connectivity index (χ0n) is 12.7. The van der Waals surface area contributed by atoms with Crippen molar-refractivity contribution in [1.82, 2.24) is 10.2 Å². The summed E-state index contributed by atoms with van der Waals surface area (Å²) in [5, 5.41) is 3.05. The van der Waals surface area contributed by atoms with Crippen molar-refractivity contribution in [2.24, 2.45) is 23.7 Å². The lowest BCUT2D eigenvalue weighted by molar-refractivity contribution is -0.144. The smallest absolute Gasteiger partial charge is 0.323 e. The molecule has 1 N–H and O–H groups in total. The molecule has 4 heteroatoms. The Morgan fingerprint density at radius 1 is 1.00 bits per heavy atom. The van der Waals surface area contributed by atoms with Crippen LogP contribution in [0.3, 0.4) is 0 Å². The van der Waals surface area contributed by atoms with Crippen LogP contribution in [0.1, 0.15) is 58.3 Å². The molecule has 6 rings (SSSR count). The van der Waals surface area contributed by atoms with Crippen LogP contribution >= 0.6 is 0 Å². The Hall–Kier alpha value is -1.06. The van der Waals surface area contributed by atoms with E-state index in [0.717, 1.165) is 49.9 Å². The zero-order chi connectivity index (χ0) is 14.4. The molecular formula is C17H24N2O2. The first-order valence-electron chi connectivity index (χ1n) is 8.67. The van der Waals surface area contributed by atoms with Crippen LogP contribution in [0, 0.1) is 23.7 Å². The van der Waals surface area contributed by atoms with E-state index in [2.05, 4.69) is 5.32 Å². The van der Waals surface area contributed by atoms with E-state index in [9.17, 15) is 9.59 Å². The summed E-state index contributed by atoms with van der Waals surface area (Å²) in [4.78, 5) is 27.4. The summed E-state index contributed by atoms with van der Waals surface area (Å²) in [5.41, 5.74) is -0.747. The normalized spacial score (nSPS) is 51.7. The van der Waals surface area contributed by atoms with Gasteiger partial charge < -0.3 is 5.32 Å². The van der Waals surface area contributed by atoms with Gasteiger partial charge in [-0.1, -0.05) is 0 Å². The molecule has 0 aromatic rings. The zero-order valence-corrected chi connectivity index (χ0v) is 12.7. The average molecular weight is 288 g/mol. The third kappa shape index (κ3) is 1.51. The maximum atomic E-state index is 13.1. The summed E-state index contributed by atoms with van der Waals surface area (Å²) in [5.74, 6) is 2.71. The predicted octanol–water partition coefficient (Wildman–Crippen LogP) is 2.68. The minimum absolute atomic E-state index is 0.0805. The summed E-state index contributed by atoms with van der Waals surface area (Å²) in [6.45, 7) is 1.95. The number of carbonyl (C=O) groups is 2. The standard InChI is InChI=1S/C17H24N2O2/c1-16(13-2-3-13)14(20)19(15(21)18-16)17-7-10-4-11(8-17)6-12(5-10)9-17/h10-13H,2-9H2,1H3,(H,18,21). The molecular weight excluding hydrogens is 264 g/mol. The van der Waals surface area contributed by atoms with Gasteiger partial charge in [0.2, 0.25) is 0 Å². The van der Waals surface area contributed by atoms with Crippen LogP contribution < -0.4 is 5.32 Å². The van der Waals surface area contributed by atoms with Crippen molar-refractivity contribution in [3.63, 3.8) is 0 Å². The van der Waals surface area contributed by atoms with E-state index in [1.165, 1.54) is 19.3 Å². The Morgan fingerprint density at radius 2 is 1.52 bits per heavy atom. The molecule has 1 atom stereocenters. The van der Waals surface area contributed by atoms with Crippen molar-refractivity contribution in [3.8, 4) is 0 Å². The SMILES string of the molecule is CC1(C2CC2)NC(=O)N(C23CC4CC(CC(C4)C2)C3)C1=O. The highest BCUT2D eigenvalue weighted by molar-refractivity contribution is 6.08. The van der Waals surface area contributed by atoms with Gasteiger partial charge in [-0.05, 0) is 82.0 Å². The Kier molecular flexibility index (Phi) is 2.16. The first-order valence-corrected chi connectivity index (χ1v) is 8.67. The number of hydrogen-bond donors (Lipinski definition) is 1. The molecule has 4 bridgehead atoms. The van der Waals surface area contributed by atoms with Gasteiger partial charge in [-0.15, -0.1) is 0 Å². The lowest BCUT2D eigenvalue weighted by atomic mass is 9.52. The van der Waals surface area contributed by atoms with Crippen LogP contribution in [-0.2, 0) is 4.79 Å². The van der Waals surface area contributed by atoms with Gasteiger partial charge in [-0.25, -0.2) is 4.79 Å². The molecule has 5 saturated carbocycles. The highest BCUT2D eigenvalue weighted by Gasteiger charge is 2.64. The van der Waals surface area contributed by atoms with Crippen molar-refractivity contribution >= 4 is 11.9 Å². The topological polar surface area (TPSA) is 49.4 Å². The Labute approximate surface area is 125 Å². The highest BCUT2D eigenvalue weighted by atomic mass is 16.2. The van der Waals surface area contributed by atoms with Gasteiger partial charge in [0.25, 0.3) is 5.91 Å². The van der Waals surface area contributed by atoms with Crippen molar-refractivity contribution in [3.05, 3.63) is 0 Å². The van der Waals surface area contributed by atoms with Crippen molar-refractivity contribution in [1.29, 1.82) is 0 Å². The largest absolute Gasteiger partial charge is 0.325 e. The summed E-state index contributed by atoms with van der Waals surface area (Å²) in [6, 6.07) is -0.101. The van der Waals surface area contributed by atoms with Crippen LogP contribution in [0.4, 0.5) is 4.79 Å². The van der Waals surface area contributed by atoms with Gasteiger partial charge in [0.05, 0.1) is 5.54 Å². The maximum absolute atomic E-state index is 13.1. The number of nitrogens with zero attached hydrogens (tertiary/aromatic N) is 1. The molecule has 5 aliphatic carbocycles. The molecule has 1 saturated heterocycles. The van der Waals surface area contributed by atoms with Crippen LogP contribution in [0.2, 0.25) is 0 Å². The van der Waals surface area contributed by atoms with E-state index in [-0.39, 0.29) is 17.5 Å². The van der Waals surface area contributed by atoms with Gasteiger partial charge in [0, 0.05) is 0 Å². The second kappa shape index (κ2) is 3.64. The molecule has 21 heavy (non-hydrogen) atoms. The van der Waals surface area contributed by atoms with Crippen LogP contribution in [0.25, 0.3) is 0 Å². The molecule has 6 fully saturated rings. The first kappa shape index (κ1) is 12.5. The minimum Gasteiger partial charge on any atom is -0.323 e. The first-order chi connectivity index (χ1) is 10.0. The van der Waals surface area contributed by atoms with Gasteiger partial charge in [0.15, 0.2) is 0 Å². The second-order valence-electron chi connectivity index (χ2n) is 8.69. The highest BCUT2D eigenvalue weighted by Crippen LogP contribution is 2.59. The van der Waals surface area contributed by atoms with Crippen LogP contribution in [0.15, 0.2) is 0 Å². The van der Waals surface area contributed by atoms with Crippen LogP contribution in [0.5, 0.6) is 0 Å². The van der Waals surface area contributed by atoms with E-state index >= 15 is 0 Å². The van der Waals surface area contributed by atoms with Crippen molar-refractivity contribution in [2.75, 3.05) is 0 Å². The van der Waals surface area contributed by atoms with Gasteiger partial charge >= 0.3 is 6.03 Å². The molecule has 1 unspecified atom stereocenters. The lowest BCUT2D eigenvalue weighted by Crippen LogP contribution is -2.62. The monoisotopic (exact) mass is 288 g/mol. The molecule has 1 heterocycles. The summed E-state index contributed by atoms with van der Waals surface area (Å²) in [7, 11) is 0. The Morgan fingerprint density at radius 3 is 2.00 bits per heavy atom. The lowest BCUT2D eigenvalue weighted by Gasteiger charge is -2.58. The second-order valence-corrected chi connectivity index (χ2v) is 8.69. The van der Waals surface area contributed by atoms with Gasteiger partial charge in [-0.2, -0.15) is 0 Å². The Balaban J connectivity index is 1.52. The number of urea groups is 1. The fourth-order valence-electron chi connectivity index (χ4n) is 6.36. The summed E-state index contributed by atoms with van der Waals surface area (Å²) >= 11 is 0. The van der Waals surface area contributed by atoms with Crippen molar-refractivity contribution in [2.45, 2.75) is 69.4 Å². The van der Waals surface area contributed by atoms with Crippen molar-refractivity contribution < 1.29 is 9.59 Å². The number of imide groups is 1. The molecule has 1 aliphatic heterocycles. The van der Waals surface area contributed by atoms with Gasteiger partial charge in [-0.3, -0.25) is 9.69 Å². The number of hydrogen-bond acceptors (Lipinski definition) is 2. The minimum atomic E-state index is -0.611. The van der Waals surface area contributed by atoms with E-state index in [0.29, 0.717) is 5.92 Å². The Bertz CT molecular complexity index is 504. The van der Waals surface area contributed by atoms with Crippen LogP contribution in [-0.4, -0.2) is 27.9 Å². The molecule has 0 spiro atoms. The van der Waals surface area contributed by atoms with E-state index < -0.39 is 5.54 Å². The number of nitrogens with one attached hydrogen (secondary N) is 1. The summed E-state index contributed by atoms with van der Waals surface area (Å²) in [6.07, 6.45) is 9.37. The third-order valence-electron chi connectivity index (χ3n) is 7.09. The van der Waals surface area contributed by atoms with E-state index in [1.807, 2.05) is 6.92 Å². The molecule has 0 aromatic heterocycles. The maximum Gasteiger partial charge on any atom is 0.325 e. The average Bonchev–Trinajstić information content (AvgIpc) is 3.17. The predicted molar refractivity (Wildman–Crippen MR) is 77.4 cm³/mol. The molecule has 3 amide bonds.